The molecule has 1 aliphatic heterocycles. The molecule has 0 N–H and O–H groups in total. The number of halogens is 7. The summed E-state index contributed by atoms with van der Waals surface area (Å²) in [5.74, 6) is -1.25. The van der Waals surface area contributed by atoms with Crippen LogP contribution in [0.2, 0.25) is 5.02 Å². The number of alkyl halides is 6. The highest BCUT2D eigenvalue weighted by Gasteiger charge is 2.48. The third-order valence-electron chi connectivity index (χ3n) is 5.81. The van der Waals surface area contributed by atoms with E-state index in [0.29, 0.717) is 0 Å². The highest BCUT2D eigenvalue weighted by Crippen LogP contribution is 2.38. The van der Waals surface area contributed by atoms with Gasteiger partial charge in [0.1, 0.15) is 12.0 Å². The molecule has 0 spiro atoms. The zero-order valence-electron chi connectivity index (χ0n) is 19.9. The molecule has 37 heavy (non-hydrogen) atoms. The number of hydrazone groups is 1. The molecule has 0 aromatic heterocycles. The fourth-order valence-electron chi connectivity index (χ4n) is 3.82. The smallest absolute Gasteiger partial charge is 0.417 e. The molecule has 0 saturated carbocycles. The largest absolute Gasteiger partial charge is 0.465 e. The monoisotopic (exact) mass is 549 g/mol. The van der Waals surface area contributed by atoms with E-state index in [0.717, 1.165) is 47.4 Å². The van der Waals surface area contributed by atoms with Crippen LogP contribution in [0.5, 0.6) is 0 Å². The van der Waals surface area contributed by atoms with Crippen LogP contribution < -0.4 is 4.90 Å². The number of rotatable bonds is 6. The minimum atomic E-state index is -4.68. The van der Waals surface area contributed by atoms with E-state index in [1.807, 2.05) is 0 Å². The highest BCUT2D eigenvalue weighted by molar-refractivity contribution is 6.32. The molecule has 1 aliphatic rings. The second-order valence-electron chi connectivity index (χ2n) is 8.51. The molecule has 1 atom stereocenters. The Morgan fingerprint density at radius 3 is 2.22 bits per heavy atom. The summed E-state index contributed by atoms with van der Waals surface area (Å²) in [5.41, 5.74) is -2.96. The number of hydrogen-bond acceptors (Lipinski definition) is 5. The average molecular weight is 550 g/mol. The van der Waals surface area contributed by atoms with Gasteiger partial charge in [0.2, 0.25) is 5.91 Å². The zero-order valence-corrected chi connectivity index (χ0v) is 20.6. The van der Waals surface area contributed by atoms with Crippen molar-refractivity contribution in [3.05, 3.63) is 64.2 Å². The molecule has 3 rings (SSSR count). The third-order valence-corrected chi connectivity index (χ3v) is 6.12. The van der Waals surface area contributed by atoms with E-state index in [4.69, 9.17) is 16.3 Å². The summed E-state index contributed by atoms with van der Waals surface area (Å²) in [6.07, 6.45) is -9.21. The van der Waals surface area contributed by atoms with Crippen LogP contribution in [-0.4, -0.2) is 49.3 Å². The molecule has 0 aliphatic carbocycles. The van der Waals surface area contributed by atoms with E-state index in [1.165, 1.54) is 19.0 Å². The summed E-state index contributed by atoms with van der Waals surface area (Å²) >= 11 is 5.86. The molecule has 0 bridgehead atoms. The predicted octanol–water partition coefficient (Wildman–Crippen LogP) is 5.63. The van der Waals surface area contributed by atoms with Gasteiger partial charge in [0.15, 0.2) is 0 Å². The topological polar surface area (TPSA) is 62.2 Å². The van der Waals surface area contributed by atoms with Crippen molar-refractivity contribution < 1.29 is 40.7 Å². The molecule has 1 unspecified atom stereocenters. The van der Waals surface area contributed by atoms with E-state index in [1.54, 1.807) is 6.92 Å². The van der Waals surface area contributed by atoms with Gasteiger partial charge >= 0.3 is 18.3 Å². The standard InChI is InChI=1S/C24H22ClF6N3O3/c1-4-37-21(36)22(2)13-34(32-20(22)14-5-10-17(18(25)11-14)24(29,30)31)12-19(35)33(3)16-8-6-15(7-9-16)23(26,27)28/h5-11H,4,12-13H2,1-3H3. The van der Waals surface area contributed by atoms with Gasteiger partial charge in [-0.25, -0.2) is 0 Å². The SMILES string of the molecule is CCOC(=O)C1(C)CN(CC(=O)N(C)c2ccc(C(F)(F)F)cc2)N=C1c1ccc(C(F)(F)F)c(Cl)c1. The van der Waals surface area contributed by atoms with Gasteiger partial charge in [-0.3, -0.25) is 14.6 Å². The summed E-state index contributed by atoms with van der Waals surface area (Å²) in [7, 11) is 1.37. The molecule has 6 nitrogen and oxygen atoms in total. The number of benzene rings is 2. The molecule has 2 aromatic rings. The van der Waals surface area contributed by atoms with E-state index in [9.17, 15) is 35.9 Å². The van der Waals surface area contributed by atoms with Crippen molar-refractivity contribution in [3.8, 4) is 0 Å². The summed E-state index contributed by atoms with van der Waals surface area (Å²) in [5, 5.41) is 4.99. The second kappa shape index (κ2) is 10.2. The van der Waals surface area contributed by atoms with Crippen LogP contribution in [0.15, 0.2) is 47.6 Å². The van der Waals surface area contributed by atoms with Crippen LogP contribution in [0, 0.1) is 5.41 Å². The van der Waals surface area contributed by atoms with Crippen LogP contribution in [0.1, 0.15) is 30.5 Å². The van der Waals surface area contributed by atoms with Crippen molar-refractivity contribution in [2.75, 3.05) is 31.6 Å². The summed E-state index contributed by atoms with van der Waals surface area (Å²) in [6.45, 7) is 2.60. The molecular formula is C24H22ClF6N3O3. The van der Waals surface area contributed by atoms with Gasteiger partial charge in [0.25, 0.3) is 0 Å². The van der Waals surface area contributed by atoms with Crippen LogP contribution in [0.3, 0.4) is 0 Å². The molecule has 200 valence electrons. The molecule has 1 heterocycles. The van der Waals surface area contributed by atoms with Crippen LogP contribution in [0.4, 0.5) is 32.0 Å². The van der Waals surface area contributed by atoms with E-state index in [-0.39, 0.29) is 36.7 Å². The normalized spacial score (nSPS) is 18.0. The first-order valence-corrected chi connectivity index (χ1v) is 11.3. The molecule has 0 fully saturated rings. The number of anilines is 1. The lowest BCUT2D eigenvalue weighted by Crippen LogP contribution is -2.42. The quantitative estimate of drug-likeness (QED) is 0.346. The minimum Gasteiger partial charge on any atom is -0.465 e. The second-order valence-corrected chi connectivity index (χ2v) is 8.92. The van der Waals surface area contributed by atoms with E-state index >= 15 is 0 Å². The lowest BCUT2D eigenvalue weighted by Gasteiger charge is -2.25. The van der Waals surface area contributed by atoms with Crippen molar-refractivity contribution in [1.82, 2.24) is 5.01 Å². The Morgan fingerprint density at radius 2 is 1.70 bits per heavy atom. The van der Waals surface area contributed by atoms with Crippen LogP contribution in [-0.2, 0) is 26.7 Å². The van der Waals surface area contributed by atoms with Crippen molar-refractivity contribution in [2.24, 2.45) is 10.5 Å². The van der Waals surface area contributed by atoms with Gasteiger partial charge in [0.05, 0.1) is 35.0 Å². The fraction of sp³-hybridized carbons (Fsp3) is 0.375. The Bertz CT molecular complexity index is 1210. The number of carbonyl (C=O) groups excluding carboxylic acids is 2. The number of ether oxygens (including phenoxy) is 1. The summed E-state index contributed by atoms with van der Waals surface area (Å²) in [6, 6.07) is 6.93. The van der Waals surface area contributed by atoms with Crippen LogP contribution in [0.25, 0.3) is 0 Å². The van der Waals surface area contributed by atoms with E-state index < -0.39 is 45.8 Å². The molecular weight excluding hydrogens is 528 g/mol. The van der Waals surface area contributed by atoms with Crippen molar-refractivity contribution in [2.45, 2.75) is 26.2 Å². The number of esters is 1. The van der Waals surface area contributed by atoms with Gasteiger partial charge in [-0.2, -0.15) is 31.4 Å². The van der Waals surface area contributed by atoms with Crippen molar-refractivity contribution >= 4 is 34.9 Å². The number of amides is 1. The first kappa shape index (κ1) is 28.3. The van der Waals surface area contributed by atoms with Crippen molar-refractivity contribution in [3.63, 3.8) is 0 Å². The highest BCUT2D eigenvalue weighted by atomic mass is 35.5. The summed E-state index contributed by atoms with van der Waals surface area (Å²) in [4.78, 5) is 26.8. The number of carbonyl (C=O) groups is 2. The molecule has 0 saturated heterocycles. The Kier molecular flexibility index (Phi) is 7.83. The number of hydrogen-bond donors (Lipinski definition) is 0. The van der Waals surface area contributed by atoms with Gasteiger partial charge in [-0.1, -0.05) is 17.7 Å². The van der Waals surface area contributed by atoms with Gasteiger partial charge in [-0.05, 0) is 50.2 Å². The number of likely N-dealkylation sites (N-methyl/N-ethyl adjacent to an activating group) is 1. The predicted molar refractivity (Wildman–Crippen MR) is 124 cm³/mol. The summed E-state index contributed by atoms with van der Waals surface area (Å²) < 4.78 is 83.0. The van der Waals surface area contributed by atoms with Crippen LogP contribution >= 0.6 is 11.6 Å². The Labute approximate surface area is 213 Å². The maximum absolute atomic E-state index is 13.1. The van der Waals surface area contributed by atoms with Crippen molar-refractivity contribution in [1.29, 1.82) is 0 Å². The molecule has 1 amide bonds. The van der Waals surface area contributed by atoms with Gasteiger partial charge < -0.3 is 9.64 Å². The maximum atomic E-state index is 13.1. The Morgan fingerprint density at radius 1 is 1.08 bits per heavy atom. The first-order chi connectivity index (χ1) is 17.1. The van der Waals surface area contributed by atoms with Gasteiger partial charge in [-0.15, -0.1) is 0 Å². The minimum absolute atomic E-state index is 0.0328. The lowest BCUT2D eigenvalue weighted by molar-refractivity contribution is -0.150. The fourth-order valence-corrected chi connectivity index (χ4v) is 4.11. The molecule has 13 heteroatoms. The molecule has 0 radical (unpaired) electrons. The maximum Gasteiger partial charge on any atom is 0.417 e. The third kappa shape index (κ3) is 6.00. The molecule has 2 aromatic carbocycles. The Balaban J connectivity index is 1.89. The first-order valence-electron chi connectivity index (χ1n) is 10.9. The lowest BCUT2D eigenvalue weighted by atomic mass is 9.82. The number of nitrogens with zero attached hydrogens (tertiary/aromatic N) is 3. The average Bonchev–Trinajstić information content (AvgIpc) is 3.14. The van der Waals surface area contributed by atoms with E-state index in [2.05, 4.69) is 5.10 Å². The Hall–Kier alpha value is -3.28. The van der Waals surface area contributed by atoms with Gasteiger partial charge in [0, 0.05) is 18.3 Å². The zero-order chi connectivity index (χ0) is 27.8.